The molecule has 0 heterocycles. The molecule has 0 aliphatic carbocycles. The normalized spacial score (nSPS) is 10.2. The molecule has 0 radical (unpaired) electrons. The van der Waals surface area contributed by atoms with Gasteiger partial charge in [-0.3, -0.25) is 0 Å². The van der Waals surface area contributed by atoms with E-state index in [1.165, 1.54) is 0 Å². The van der Waals surface area contributed by atoms with E-state index in [9.17, 15) is 0 Å². The lowest BCUT2D eigenvalue weighted by Gasteiger charge is -2.07. The molecule has 1 nitrogen and oxygen atoms in total. The molecule has 4 heteroatoms. The molecule has 0 saturated carbocycles. The van der Waals surface area contributed by atoms with Crippen LogP contribution in [0.15, 0.2) is 18.2 Å². The van der Waals surface area contributed by atoms with Crippen molar-refractivity contribution in [3.63, 3.8) is 0 Å². The van der Waals surface area contributed by atoms with Gasteiger partial charge in [-0.25, -0.2) is 0 Å². The quantitative estimate of drug-likeness (QED) is 0.728. The lowest BCUT2D eigenvalue weighted by Crippen LogP contribution is -1.98. The minimum atomic E-state index is 0.610. The van der Waals surface area contributed by atoms with Gasteiger partial charge in [0, 0.05) is 11.1 Å². The van der Waals surface area contributed by atoms with Gasteiger partial charge >= 0.3 is 0 Å². The van der Waals surface area contributed by atoms with Crippen LogP contribution in [0.4, 0.5) is 0 Å². The molecule has 78 valence electrons. The van der Waals surface area contributed by atoms with Crippen molar-refractivity contribution in [3.05, 3.63) is 28.2 Å². The van der Waals surface area contributed by atoms with Crippen LogP contribution in [-0.4, -0.2) is 18.6 Å². The Morgan fingerprint density at radius 2 is 2.14 bits per heavy atom. The molecule has 0 saturated heterocycles. The highest BCUT2D eigenvalue weighted by atomic mass is 35.5. The predicted molar refractivity (Wildman–Crippen MR) is 65.0 cm³/mol. The zero-order valence-corrected chi connectivity index (χ0v) is 10.3. The van der Waals surface area contributed by atoms with Gasteiger partial charge in [0.15, 0.2) is 0 Å². The third-order valence-electron chi connectivity index (χ3n) is 1.64. The summed E-state index contributed by atoms with van der Waals surface area (Å²) in [6.07, 6.45) is 3.09. The molecule has 0 amide bonds. The van der Waals surface area contributed by atoms with Crippen molar-refractivity contribution >= 4 is 35.0 Å². The van der Waals surface area contributed by atoms with E-state index >= 15 is 0 Å². The lowest BCUT2D eigenvalue weighted by molar-refractivity contribution is 0.319. The molecule has 0 atom stereocenters. The first kappa shape index (κ1) is 12.0. The van der Waals surface area contributed by atoms with Gasteiger partial charge < -0.3 is 4.74 Å². The zero-order chi connectivity index (χ0) is 10.4. The van der Waals surface area contributed by atoms with Gasteiger partial charge in [0.1, 0.15) is 5.75 Å². The highest BCUT2D eigenvalue weighted by Crippen LogP contribution is 2.27. The van der Waals surface area contributed by atoms with Crippen LogP contribution < -0.4 is 4.74 Å². The van der Waals surface area contributed by atoms with E-state index in [1.54, 1.807) is 30.0 Å². The maximum Gasteiger partial charge on any atom is 0.139 e. The number of hydrogen-bond acceptors (Lipinski definition) is 2. The average molecular weight is 251 g/mol. The van der Waals surface area contributed by atoms with Crippen LogP contribution >= 0.6 is 35.0 Å². The SMILES string of the molecule is CSCCCOc1cc(Cl)ccc1Cl. The first-order valence-corrected chi connectivity index (χ1v) is 6.46. The maximum absolute atomic E-state index is 5.92. The van der Waals surface area contributed by atoms with Crippen molar-refractivity contribution in [2.45, 2.75) is 6.42 Å². The van der Waals surface area contributed by atoms with Crippen molar-refractivity contribution in [1.29, 1.82) is 0 Å². The van der Waals surface area contributed by atoms with Gasteiger partial charge in [-0.1, -0.05) is 23.2 Å². The molecule has 0 unspecified atom stereocenters. The maximum atomic E-state index is 5.92. The van der Waals surface area contributed by atoms with Crippen LogP contribution in [0.5, 0.6) is 5.75 Å². The molecule has 1 rings (SSSR count). The molecule has 0 spiro atoms. The summed E-state index contributed by atoms with van der Waals surface area (Å²) in [6, 6.07) is 5.23. The topological polar surface area (TPSA) is 9.23 Å². The van der Waals surface area contributed by atoms with Gasteiger partial charge in [-0.2, -0.15) is 11.8 Å². The molecular weight excluding hydrogens is 239 g/mol. The third-order valence-corrected chi connectivity index (χ3v) is 2.89. The van der Waals surface area contributed by atoms with E-state index in [4.69, 9.17) is 27.9 Å². The summed E-state index contributed by atoms with van der Waals surface area (Å²) >= 11 is 13.5. The molecule has 0 aliphatic rings. The molecule has 0 bridgehead atoms. The van der Waals surface area contributed by atoms with Gasteiger partial charge in [0.2, 0.25) is 0 Å². The van der Waals surface area contributed by atoms with Gasteiger partial charge in [-0.15, -0.1) is 0 Å². The Labute approximate surface area is 98.7 Å². The minimum absolute atomic E-state index is 0.610. The first-order chi connectivity index (χ1) is 6.74. The fourth-order valence-corrected chi connectivity index (χ4v) is 1.71. The van der Waals surface area contributed by atoms with E-state index in [1.807, 2.05) is 0 Å². The number of ether oxygens (including phenoxy) is 1. The second-order valence-corrected chi connectivity index (χ2v) is 4.60. The van der Waals surface area contributed by atoms with Gasteiger partial charge in [-0.05, 0) is 30.6 Å². The Kier molecular flexibility index (Phi) is 5.53. The summed E-state index contributed by atoms with van der Waals surface area (Å²) in [6.45, 7) is 0.681. The molecule has 1 aromatic carbocycles. The van der Waals surface area contributed by atoms with E-state index in [0.29, 0.717) is 22.4 Å². The smallest absolute Gasteiger partial charge is 0.139 e. The summed E-state index contributed by atoms with van der Waals surface area (Å²) in [5.74, 6) is 1.76. The summed E-state index contributed by atoms with van der Waals surface area (Å²) < 4.78 is 5.49. The highest BCUT2D eigenvalue weighted by Gasteiger charge is 2.01. The van der Waals surface area contributed by atoms with Gasteiger partial charge in [0.05, 0.1) is 11.6 Å². The molecule has 14 heavy (non-hydrogen) atoms. The van der Waals surface area contributed by atoms with E-state index in [0.717, 1.165) is 12.2 Å². The van der Waals surface area contributed by atoms with Crippen molar-refractivity contribution in [2.24, 2.45) is 0 Å². The fourth-order valence-electron chi connectivity index (χ4n) is 0.973. The van der Waals surface area contributed by atoms with Crippen LogP contribution in [0, 0.1) is 0 Å². The predicted octanol–water partition coefficient (Wildman–Crippen LogP) is 4.13. The molecule has 1 aromatic rings. The summed E-state index contributed by atoms with van der Waals surface area (Å²) in [5, 5.41) is 1.26. The van der Waals surface area contributed by atoms with Crippen molar-refractivity contribution in [2.75, 3.05) is 18.6 Å². The monoisotopic (exact) mass is 250 g/mol. The van der Waals surface area contributed by atoms with Crippen molar-refractivity contribution in [1.82, 2.24) is 0 Å². The standard InChI is InChI=1S/C10H12Cl2OS/c1-14-6-2-5-13-10-7-8(11)3-4-9(10)12/h3-4,7H,2,5-6H2,1H3. The number of hydrogen-bond donors (Lipinski definition) is 0. The molecule has 0 N–H and O–H groups in total. The molecule has 0 fully saturated rings. The Hall–Kier alpha value is -0.0500. The van der Waals surface area contributed by atoms with E-state index in [-0.39, 0.29) is 0 Å². The number of halogens is 2. The van der Waals surface area contributed by atoms with E-state index < -0.39 is 0 Å². The number of benzene rings is 1. The fraction of sp³-hybridized carbons (Fsp3) is 0.400. The third kappa shape index (κ3) is 3.99. The van der Waals surface area contributed by atoms with Gasteiger partial charge in [0.25, 0.3) is 0 Å². The second-order valence-electron chi connectivity index (χ2n) is 2.77. The van der Waals surface area contributed by atoms with Crippen LogP contribution in [0.1, 0.15) is 6.42 Å². The number of thioether (sulfide) groups is 1. The van der Waals surface area contributed by atoms with E-state index in [2.05, 4.69) is 6.26 Å². The summed E-state index contributed by atoms with van der Waals surface area (Å²) in [7, 11) is 0. The van der Waals surface area contributed by atoms with Crippen LogP contribution in [0.3, 0.4) is 0 Å². The van der Waals surface area contributed by atoms with Crippen LogP contribution in [-0.2, 0) is 0 Å². The Bertz CT molecular complexity index is 291. The molecular formula is C10H12Cl2OS. The number of rotatable bonds is 5. The Balaban J connectivity index is 2.45. The van der Waals surface area contributed by atoms with Crippen LogP contribution in [0.25, 0.3) is 0 Å². The molecule has 0 aliphatic heterocycles. The summed E-state index contributed by atoms with van der Waals surface area (Å²) in [4.78, 5) is 0. The Morgan fingerprint density at radius 3 is 2.86 bits per heavy atom. The lowest BCUT2D eigenvalue weighted by atomic mass is 10.3. The van der Waals surface area contributed by atoms with Crippen LogP contribution in [0.2, 0.25) is 10.0 Å². The average Bonchev–Trinajstić information content (AvgIpc) is 2.18. The summed E-state index contributed by atoms with van der Waals surface area (Å²) in [5.41, 5.74) is 0. The second kappa shape index (κ2) is 6.44. The highest BCUT2D eigenvalue weighted by molar-refractivity contribution is 7.98. The Morgan fingerprint density at radius 1 is 1.36 bits per heavy atom. The largest absolute Gasteiger partial charge is 0.492 e. The molecule has 0 aromatic heterocycles. The van der Waals surface area contributed by atoms with Crippen molar-refractivity contribution in [3.8, 4) is 5.75 Å². The first-order valence-electron chi connectivity index (χ1n) is 4.31. The minimum Gasteiger partial charge on any atom is -0.492 e. The van der Waals surface area contributed by atoms with Crippen molar-refractivity contribution < 1.29 is 4.74 Å². The zero-order valence-electron chi connectivity index (χ0n) is 7.93.